The lowest BCUT2D eigenvalue weighted by Crippen LogP contribution is -2.49. The van der Waals surface area contributed by atoms with Gasteiger partial charge >= 0.3 is 0 Å². The van der Waals surface area contributed by atoms with Gasteiger partial charge in [-0.2, -0.15) is 0 Å². The van der Waals surface area contributed by atoms with Gasteiger partial charge in [-0.15, -0.1) is 0 Å². The van der Waals surface area contributed by atoms with Crippen molar-refractivity contribution in [1.29, 1.82) is 0 Å². The minimum Gasteiger partial charge on any atom is -0.497 e. The maximum Gasteiger partial charge on any atom is 0.265 e. The first-order valence-corrected chi connectivity index (χ1v) is 11.2. The van der Waals surface area contributed by atoms with Gasteiger partial charge in [0.2, 0.25) is 5.91 Å². The number of ketones is 1. The molecule has 1 N–H and O–H groups in total. The summed E-state index contributed by atoms with van der Waals surface area (Å²) in [5.41, 5.74) is 1.20. The SMILES string of the molecule is COc1ccc(NC(=O)C(C)N2C(=O)COc3ccc(C(=O)COc4ccccc4Cl)cc32)cc1. The fourth-order valence-electron chi connectivity index (χ4n) is 3.60. The number of hydrogen-bond donors (Lipinski definition) is 1. The number of ether oxygens (including phenoxy) is 3. The van der Waals surface area contributed by atoms with Crippen LogP contribution < -0.4 is 24.4 Å². The van der Waals surface area contributed by atoms with Crippen LogP contribution in [-0.2, 0) is 9.59 Å². The fourth-order valence-corrected chi connectivity index (χ4v) is 3.79. The van der Waals surface area contributed by atoms with Crippen LogP contribution in [0.1, 0.15) is 17.3 Å². The van der Waals surface area contributed by atoms with E-state index >= 15 is 0 Å². The molecule has 0 saturated carbocycles. The Kier molecular flexibility index (Phi) is 7.22. The second kappa shape index (κ2) is 10.5. The molecule has 1 aliphatic rings. The smallest absolute Gasteiger partial charge is 0.265 e. The van der Waals surface area contributed by atoms with Crippen molar-refractivity contribution in [3.8, 4) is 17.2 Å². The highest BCUT2D eigenvalue weighted by Crippen LogP contribution is 2.35. The summed E-state index contributed by atoms with van der Waals surface area (Å²) in [7, 11) is 1.55. The molecule has 3 aromatic rings. The van der Waals surface area contributed by atoms with Crippen molar-refractivity contribution in [2.45, 2.75) is 13.0 Å². The molecule has 0 aliphatic carbocycles. The van der Waals surface area contributed by atoms with E-state index < -0.39 is 17.9 Å². The van der Waals surface area contributed by atoms with Crippen LogP contribution in [0.2, 0.25) is 5.02 Å². The minimum atomic E-state index is -0.864. The van der Waals surface area contributed by atoms with E-state index in [1.165, 1.54) is 11.0 Å². The number of benzene rings is 3. The molecule has 180 valence electrons. The molecule has 1 unspecified atom stereocenters. The van der Waals surface area contributed by atoms with Crippen molar-refractivity contribution >= 4 is 40.6 Å². The number of fused-ring (bicyclic) bond motifs is 1. The summed E-state index contributed by atoms with van der Waals surface area (Å²) in [6, 6.07) is 17.6. The van der Waals surface area contributed by atoms with Gasteiger partial charge in [-0.25, -0.2) is 0 Å². The number of halogens is 1. The number of amides is 2. The molecule has 1 atom stereocenters. The second-order valence-corrected chi connectivity index (χ2v) is 8.18. The van der Waals surface area contributed by atoms with Crippen LogP contribution in [-0.4, -0.2) is 44.0 Å². The molecule has 9 heteroatoms. The molecule has 1 heterocycles. The summed E-state index contributed by atoms with van der Waals surface area (Å²) < 4.78 is 16.2. The highest BCUT2D eigenvalue weighted by Gasteiger charge is 2.33. The van der Waals surface area contributed by atoms with Gasteiger partial charge in [-0.05, 0) is 61.5 Å². The Morgan fingerprint density at radius 3 is 2.57 bits per heavy atom. The number of para-hydroxylation sites is 1. The maximum absolute atomic E-state index is 13.0. The zero-order chi connectivity index (χ0) is 24.9. The van der Waals surface area contributed by atoms with Gasteiger partial charge in [0.25, 0.3) is 5.91 Å². The molecule has 0 aromatic heterocycles. The predicted octanol–water partition coefficient (Wildman–Crippen LogP) is 4.36. The maximum atomic E-state index is 13.0. The zero-order valence-corrected chi connectivity index (χ0v) is 19.9. The Balaban J connectivity index is 1.52. The molecule has 0 saturated heterocycles. The van der Waals surface area contributed by atoms with E-state index in [9.17, 15) is 14.4 Å². The van der Waals surface area contributed by atoms with E-state index in [1.54, 1.807) is 74.7 Å². The van der Waals surface area contributed by atoms with Crippen molar-refractivity contribution < 1.29 is 28.6 Å². The summed E-state index contributed by atoms with van der Waals surface area (Å²) in [5, 5.41) is 3.19. The van der Waals surface area contributed by atoms with Gasteiger partial charge in [0.1, 0.15) is 23.3 Å². The average molecular weight is 495 g/mol. The Hall–Kier alpha value is -4.04. The molecule has 0 fully saturated rings. The van der Waals surface area contributed by atoms with E-state index in [2.05, 4.69) is 5.32 Å². The number of nitrogens with zero attached hydrogens (tertiary/aromatic N) is 1. The summed E-state index contributed by atoms with van der Waals surface area (Å²) in [6.45, 7) is 1.15. The normalized spacial score (nSPS) is 13.3. The molecule has 35 heavy (non-hydrogen) atoms. The van der Waals surface area contributed by atoms with Crippen LogP contribution in [0.3, 0.4) is 0 Å². The zero-order valence-electron chi connectivity index (χ0n) is 19.1. The molecular formula is C26H23ClN2O6. The molecule has 8 nitrogen and oxygen atoms in total. The van der Waals surface area contributed by atoms with Gasteiger partial charge in [-0.3, -0.25) is 19.3 Å². The fraction of sp³-hybridized carbons (Fsp3) is 0.192. The molecule has 0 spiro atoms. The van der Waals surface area contributed by atoms with Gasteiger partial charge in [0, 0.05) is 11.3 Å². The lowest BCUT2D eigenvalue weighted by Gasteiger charge is -2.33. The first-order chi connectivity index (χ1) is 16.9. The molecule has 0 bridgehead atoms. The summed E-state index contributed by atoms with van der Waals surface area (Å²) >= 11 is 6.08. The number of hydrogen-bond acceptors (Lipinski definition) is 6. The topological polar surface area (TPSA) is 94.2 Å². The molecule has 2 amide bonds. The summed E-state index contributed by atoms with van der Waals surface area (Å²) in [5.74, 6) is 0.341. The van der Waals surface area contributed by atoms with Gasteiger partial charge in [0.15, 0.2) is 19.0 Å². The number of carbonyl (C=O) groups is 3. The van der Waals surface area contributed by atoms with Crippen LogP contribution in [0.15, 0.2) is 66.7 Å². The predicted molar refractivity (Wildman–Crippen MR) is 132 cm³/mol. The number of anilines is 2. The van der Waals surface area contributed by atoms with Crippen LogP contribution in [0, 0.1) is 0 Å². The van der Waals surface area contributed by atoms with E-state index in [0.29, 0.717) is 39.2 Å². The lowest BCUT2D eigenvalue weighted by atomic mass is 10.1. The van der Waals surface area contributed by atoms with E-state index in [0.717, 1.165) is 0 Å². The standard InChI is InChI=1S/C26H23ClN2O6/c1-16(26(32)28-18-8-10-19(33-2)11-9-18)29-21-13-17(7-12-24(21)35-15-25(29)31)22(30)14-34-23-6-4-3-5-20(23)27/h3-13,16H,14-15H2,1-2H3,(H,28,32). The first-order valence-electron chi connectivity index (χ1n) is 10.8. The summed E-state index contributed by atoms with van der Waals surface area (Å²) in [4.78, 5) is 39.8. The average Bonchev–Trinajstić information content (AvgIpc) is 2.87. The monoisotopic (exact) mass is 494 g/mol. The van der Waals surface area contributed by atoms with E-state index in [-0.39, 0.29) is 19.0 Å². The summed E-state index contributed by atoms with van der Waals surface area (Å²) in [6.07, 6.45) is 0. The lowest BCUT2D eigenvalue weighted by molar-refractivity contribution is -0.125. The van der Waals surface area contributed by atoms with Crippen molar-refractivity contribution in [3.63, 3.8) is 0 Å². The third-order valence-corrected chi connectivity index (χ3v) is 5.79. The Bertz CT molecular complexity index is 1260. The molecular weight excluding hydrogens is 472 g/mol. The number of Topliss-reactive ketones (excluding diaryl/α,β-unsaturated/α-hetero) is 1. The van der Waals surface area contributed by atoms with Crippen LogP contribution in [0.4, 0.5) is 11.4 Å². The van der Waals surface area contributed by atoms with Crippen LogP contribution in [0.25, 0.3) is 0 Å². The van der Waals surface area contributed by atoms with E-state index in [4.69, 9.17) is 25.8 Å². The highest BCUT2D eigenvalue weighted by atomic mass is 35.5. The van der Waals surface area contributed by atoms with Crippen LogP contribution >= 0.6 is 11.6 Å². The highest BCUT2D eigenvalue weighted by molar-refractivity contribution is 6.32. The van der Waals surface area contributed by atoms with Crippen molar-refractivity contribution in [1.82, 2.24) is 0 Å². The van der Waals surface area contributed by atoms with Crippen molar-refractivity contribution in [3.05, 3.63) is 77.3 Å². The number of nitrogens with one attached hydrogen (secondary N) is 1. The quantitative estimate of drug-likeness (QED) is 0.467. The number of carbonyl (C=O) groups excluding carboxylic acids is 3. The first kappa shape index (κ1) is 24.1. The van der Waals surface area contributed by atoms with Gasteiger partial charge in [-0.1, -0.05) is 23.7 Å². The second-order valence-electron chi connectivity index (χ2n) is 7.77. The van der Waals surface area contributed by atoms with Crippen molar-refractivity contribution in [2.75, 3.05) is 30.5 Å². The Morgan fingerprint density at radius 1 is 1.11 bits per heavy atom. The third kappa shape index (κ3) is 5.38. The van der Waals surface area contributed by atoms with Gasteiger partial charge < -0.3 is 19.5 Å². The molecule has 3 aromatic carbocycles. The molecule has 1 aliphatic heterocycles. The number of methoxy groups -OCH3 is 1. The van der Waals surface area contributed by atoms with E-state index in [1.807, 2.05) is 0 Å². The van der Waals surface area contributed by atoms with Crippen LogP contribution in [0.5, 0.6) is 17.2 Å². The molecule has 0 radical (unpaired) electrons. The van der Waals surface area contributed by atoms with Crippen molar-refractivity contribution in [2.24, 2.45) is 0 Å². The molecule has 4 rings (SSSR count). The largest absolute Gasteiger partial charge is 0.497 e. The number of rotatable bonds is 8. The van der Waals surface area contributed by atoms with Gasteiger partial charge in [0.05, 0.1) is 17.8 Å². The Labute approximate surface area is 207 Å². The minimum absolute atomic E-state index is 0.212. The Morgan fingerprint density at radius 2 is 1.86 bits per heavy atom. The third-order valence-electron chi connectivity index (χ3n) is 5.48.